The van der Waals surface area contributed by atoms with Crippen LogP contribution in [0.1, 0.15) is 33.5 Å². The van der Waals surface area contributed by atoms with Crippen LogP contribution in [0.5, 0.6) is 0 Å². The Bertz CT molecular complexity index is 786. The predicted octanol–water partition coefficient (Wildman–Crippen LogP) is 1.85. The second-order valence-electron chi connectivity index (χ2n) is 6.01. The number of benzene rings is 1. The van der Waals surface area contributed by atoms with E-state index >= 15 is 0 Å². The molecule has 1 aromatic heterocycles. The molecule has 3 heterocycles. The Labute approximate surface area is 134 Å². The molecule has 0 atom stereocenters. The highest BCUT2D eigenvalue weighted by molar-refractivity contribution is 6.04. The van der Waals surface area contributed by atoms with E-state index in [1.54, 1.807) is 12.4 Å². The summed E-state index contributed by atoms with van der Waals surface area (Å²) in [6, 6.07) is 7.56. The smallest absolute Gasteiger partial charge is 0.251 e. The lowest BCUT2D eigenvalue weighted by molar-refractivity contribution is -0.117. The normalized spacial score (nSPS) is 15.5. The average Bonchev–Trinajstić information content (AvgIpc) is 2.91. The van der Waals surface area contributed by atoms with Gasteiger partial charge in [-0.1, -0.05) is 0 Å². The maximum atomic E-state index is 12.4. The predicted molar refractivity (Wildman–Crippen MR) is 86.2 cm³/mol. The first-order chi connectivity index (χ1) is 11.2. The van der Waals surface area contributed by atoms with Crippen LogP contribution in [0.2, 0.25) is 0 Å². The van der Waals surface area contributed by atoms with Gasteiger partial charge in [-0.05, 0) is 53.8 Å². The number of nitrogens with one attached hydrogen (secondary N) is 1. The van der Waals surface area contributed by atoms with Crippen LogP contribution in [0.15, 0.2) is 36.7 Å². The number of amides is 2. The number of aryl methyl sites for hydroxylation is 1. The molecular formula is C18H17N3O2. The number of hydrogen-bond donors (Lipinski definition) is 1. The van der Waals surface area contributed by atoms with Gasteiger partial charge in [-0.15, -0.1) is 0 Å². The fourth-order valence-corrected chi connectivity index (χ4v) is 3.40. The quantitative estimate of drug-likeness (QED) is 0.941. The minimum absolute atomic E-state index is 0.0997. The van der Waals surface area contributed by atoms with Crippen molar-refractivity contribution in [1.82, 2.24) is 10.3 Å². The van der Waals surface area contributed by atoms with Gasteiger partial charge in [0.15, 0.2) is 0 Å². The van der Waals surface area contributed by atoms with Gasteiger partial charge in [0, 0.05) is 31.0 Å². The summed E-state index contributed by atoms with van der Waals surface area (Å²) in [7, 11) is 0. The first-order valence-corrected chi connectivity index (χ1v) is 7.85. The summed E-state index contributed by atoms with van der Waals surface area (Å²) in [5.74, 6) is 0.0487. The second kappa shape index (κ2) is 5.50. The number of rotatable bonds is 3. The van der Waals surface area contributed by atoms with Crippen LogP contribution in [0, 0.1) is 0 Å². The number of carbonyl (C=O) groups excluding carboxylic acids is 2. The Kier molecular flexibility index (Phi) is 3.33. The lowest BCUT2D eigenvalue weighted by atomic mass is 9.96. The van der Waals surface area contributed by atoms with Crippen LogP contribution in [-0.2, 0) is 24.2 Å². The standard InChI is InChI=1S/C18H17N3O2/c22-16-10-14-9-15(8-13-2-1-7-21(16)17(13)14)18(23)20-11-12-3-5-19-6-4-12/h3-6,8-9H,1-2,7,10-11H2,(H,20,23). The Morgan fingerprint density at radius 2 is 2.00 bits per heavy atom. The number of carbonyl (C=O) groups is 2. The third kappa shape index (κ3) is 2.48. The van der Waals surface area contributed by atoms with Crippen molar-refractivity contribution in [2.45, 2.75) is 25.8 Å². The van der Waals surface area contributed by atoms with Crippen molar-refractivity contribution < 1.29 is 9.59 Å². The number of aromatic nitrogens is 1. The molecule has 2 aliphatic heterocycles. The van der Waals surface area contributed by atoms with Crippen LogP contribution in [0.25, 0.3) is 0 Å². The van der Waals surface area contributed by atoms with Crippen molar-refractivity contribution in [2.75, 3.05) is 11.4 Å². The summed E-state index contributed by atoms with van der Waals surface area (Å²) in [6.45, 7) is 1.27. The molecule has 4 rings (SSSR count). The maximum Gasteiger partial charge on any atom is 0.251 e. The first kappa shape index (κ1) is 13.9. The lowest BCUT2D eigenvalue weighted by Crippen LogP contribution is -2.31. The van der Waals surface area contributed by atoms with Gasteiger partial charge in [0.1, 0.15) is 0 Å². The Morgan fingerprint density at radius 3 is 2.83 bits per heavy atom. The van der Waals surface area contributed by atoms with Gasteiger partial charge in [-0.3, -0.25) is 14.6 Å². The summed E-state index contributed by atoms with van der Waals surface area (Å²) >= 11 is 0. The zero-order chi connectivity index (χ0) is 15.8. The lowest BCUT2D eigenvalue weighted by Gasteiger charge is -2.25. The molecule has 5 nitrogen and oxygen atoms in total. The molecule has 2 amide bonds. The largest absolute Gasteiger partial charge is 0.348 e. The molecule has 1 aromatic carbocycles. The minimum atomic E-state index is -0.0997. The van der Waals surface area contributed by atoms with Gasteiger partial charge < -0.3 is 10.2 Å². The molecule has 116 valence electrons. The molecule has 0 aliphatic carbocycles. The van der Waals surface area contributed by atoms with Gasteiger partial charge in [0.05, 0.1) is 12.1 Å². The molecule has 0 bridgehead atoms. The summed E-state index contributed by atoms with van der Waals surface area (Å²) in [6.07, 6.45) is 5.72. The van der Waals surface area contributed by atoms with E-state index in [1.165, 1.54) is 0 Å². The van der Waals surface area contributed by atoms with Gasteiger partial charge in [0.25, 0.3) is 5.91 Å². The Balaban J connectivity index is 1.57. The van der Waals surface area contributed by atoms with Crippen LogP contribution < -0.4 is 10.2 Å². The molecule has 0 radical (unpaired) electrons. The van der Waals surface area contributed by atoms with Crippen molar-refractivity contribution in [2.24, 2.45) is 0 Å². The highest BCUT2D eigenvalue weighted by atomic mass is 16.2. The van der Waals surface area contributed by atoms with Crippen molar-refractivity contribution in [3.05, 3.63) is 58.9 Å². The van der Waals surface area contributed by atoms with Crippen LogP contribution >= 0.6 is 0 Å². The molecular weight excluding hydrogens is 290 g/mol. The molecule has 5 heteroatoms. The third-order valence-electron chi connectivity index (χ3n) is 4.47. The number of anilines is 1. The molecule has 0 unspecified atom stereocenters. The molecule has 0 saturated heterocycles. The van der Waals surface area contributed by atoms with Gasteiger partial charge >= 0.3 is 0 Å². The summed E-state index contributed by atoms with van der Waals surface area (Å²) in [5, 5.41) is 2.93. The van der Waals surface area contributed by atoms with Crippen LogP contribution in [0.3, 0.4) is 0 Å². The molecule has 0 saturated carbocycles. The van der Waals surface area contributed by atoms with E-state index in [9.17, 15) is 9.59 Å². The summed E-state index contributed by atoms with van der Waals surface area (Å²) in [5.41, 5.74) is 4.81. The van der Waals surface area contributed by atoms with E-state index in [0.717, 1.165) is 41.8 Å². The topological polar surface area (TPSA) is 62.3 Å². The fraction of sp³-hybridized carbons (Fsp3) is 0.278. The summed E-state index contributed by atoms with van der Waals surface area (Å²) in [4.78, 5) is 30.3. The molecule has 1 N–H and O–H groups in total. The monoisotopic (exact) mass is 307 g/mol. The number of nitrogens with zero attached hydrogens (tertiary/aromatic N) is 2. The Hall–Kier alpha value is -2.69. The number of hydrogen-bond acceptors (Lipinski definition) is 3. The highest BCUT2D eigenvalue weighted by Gasteiger charge is 2.32. The second-order valence-corrected chi connectivity index (χ2v) is 6.01. The van der Waals surface area contributed by atoms with Crippen molar-refractivity contribution in [3.8, 4) is 0 Å². The average molecular weight is 307 g/mol. The maximum absolute atomic E-state index is 12.4. The van der Waals surface area contributed by atoms with Gasteiger partial charge in [0.2, 0.25) is 5.91 Å². The van der Waals surface area contributed by atoms with E-state index in [1.807, 2.05) is 29.2 Å². The van der Waals surface area contributed by atoms with E-state index in [0.29, 0.717) is 18.5 Å². The molecule has 2 aromatic rings. The summed E-state index contributed by atoms with van der Waals surface area (Å²) < 4.78 is 0. The fourth-order valence-electron chi connectivity index (χ4n) is 3.40. The van der Waals surface area contributed by atoms with E-state index in [-0.39, 0.29) is 11.8 Å². The van der Waals surface area contributed by atoms with E-state index in [4.69, 9.17) is 0 Å². The van der Waals surface area contributed by atoms with Crippen molar-refractivity contribution in [3.63, 3.8) is 0 Å². The Morgan fingerprint density at radius 1 is 1.22 bits per heavy atom. The van der Waals surface area contributed by atoms with Crippen molar-refractivity contribution in [1.29, 1.82) is 0 Å². The molecule has 0 fully saturated rings. The zero-order valence-electron chi connectivity index (χ0n) is 12.7. The first-order valence-electron chi connectivity index (χ1n) is 7.85. The molecule has 2 aliphatic rings. The van der Waals surface area contributed by atoms with Crippen LogP contribution in [-0.4, -0.2) is 23.3 Å². The van der Waals surface area contributed by atoms with Gasteiger partial charge in [-0.25, -0.2) is 0 Å². The van der Waals surface area contributed by atoms with E-state index < -0.39 is 0 Å². The van der Waals surface area contributed by atoms with Crippen LogP contribution in [0.4, 0.5) is 5.69 Å². The minimum Gasteiger partial charge on any atom is -0.348 e. The SMILES string of the molecule is O=C(NCc1ccncc1)c1cc2c3c(c1)CC(=O)N3CCC2. The molecule has 0 spiro atoms. The van der Waals surface area contributed by atoms with Crippen molar-refractivity contribution >= 4 is 17.5 Å². The number of pyridine rings is 1. The van der Waals surface area contributed by atoms with E-state index in [2.05, 4.69) is 10.3 Å². The van der Waals surface area contributed by atoms with Gasteiger partial charge in [-0.2, -0.15) is 0 Å². The highest BCUT2D eigenvalue weighted by Crippen LogP contribution is 2.37. The molecule has 23 heavy (non-hydrogen) atoms. The third-order valence-corrected chi connectivity index (χ3v) is 4.47. The zero-order valence-corrected chi connectivity index (χ0v) is 12.7.